The molecule has 0 unspecified atom stereocenters. The van der Waals surface area contributed by atoms with Gasteiger partial charge in [0.1, 0.15) is 6.61 Å². The molecule has 94 valence electrons. The van der Waals surface area contributed by atoms with Crippen LogP contribution in [-0.2, 0) is 4.74 Å². The van der Waals surface area contributed by atoms with E-state index in [1.54, 1.807) is 0 Å². The molecule has 0 atom stereocenters. The van der Waals surface area contributed by atoms with E-state index in [1.165, 1.54) is 25.7 Å². The van der Waals surface area contributed by atoms with Crippen LogP contribution in [0.5, 0.6) is 0 Å². The van der Waals surface area contributed by atoms with Crippen LogP contribution in [0.1, 0.15) is 60.3 Å². The van der Waals surface area contributed by atoms with Crippen LogP contribution >= 0.6 is 0 Å². The number of rotatable bonds is 2. The molecular formula is C15H28O. The molecule has 1 fully saturated rings. The fourth-order valence-corrected chi connectivity index (χ4v) is 1.80. The van der Waals surface area contributed by atoms with Gasteiger partial charge in [0.2, 0.25) is 0 Å². The molecule has 0 spiro atoms. The third kappa shape index (κ3) is 7.77. The van der Waals surface area contributed by atoms with Gasteiger partial charge in [-0.3, -0.25) is 0 Å². The lowest BCUT2D eigenvalue weighted by atomic mass is 9.89. The Bertz CT molecular complexity index is 201. The highest BCUT2D eigenvalue weighted by molar-refractivity contribution is 5.01. The third-order valence-corrected chi connectivity index (χ3v) is 2.74. The second-order valence-electron chi connectivity index (χ2n) is 4.67. The molecule has 0 aromatic carbocycles. The number of hydrogen-bond acceptors (Lipinski definition) is 1. The Labute approximate surface area is 102 Å². The molecule has 0 saturated heterocycles. The minimum absolute atomic E-state index is 0.463. The van der Waals surface area contributed by atoms with Crippen molar-refractivity contribution in [3.63, 3.8) is 0 Å². The molecule has 0 amide bonds. The molecule has 0 N–H and O–H groups in total. The SMILES string of the molecule is CC.CC(C)C#CCOC1CCC(C)CC1. The maximum Gasteiger partial charge on any atom is 0.108 e. The van der Waals surface area contributed by atoms with Gasteiger partial charge in [0.05, 0.1) is 6.10 Å². The summed E-state index contributed by atoms with van der Waals surface area (Å²) < 4.78 is 5.71. The monoisotopic (exact) mass is 224 g/mol. The first-order valence-electron chi connectivity index (χ1n) is 6.78. The van der Waals surface area contributed by atoms with Gasteiger partial charge in [0, 0.05) is 5.92 Å². The molecule has 1 nitrogen and oxygen atoms in total. The minimum atomic E-state index is 0.463. The molecule has 1 rings (SSSR count). The lowest BCUT2D eigenvalue weighted by Crippen LogP contribution is -2.20. The summed E-state index contributed by atoms with van der Waals surface area (Å²) in [6, 6.07) is 0. The fraction of sp³-hybridized carbons (Fsp3) is 0.867. The van der Waals surface area contributed by atoms with Crippen LogP contribution in [0, 0.1) is 23.7 Å². The zero-order chi connectivity index (χ0) is 12.4. The lowest BCUT2D eigenvalue weighted by molar-refractivity contribution is 0.0396. The van der Waals surface area contributed by atoms with Crippen molar-refractivity contribution in [1.29, 1.82) is 0 Å². The average molecular weight is 224 g/mol. The molecule has 1 saturated carbocycles. The molecule has 1 aliphatic rings. The molecule has 1 aliphatic carbocycles. The predicted octanol–water partition coefficient (Wildman–Crippen LogP) is 4.27. The summed E-state index contributed by atoms with van der Waals surface area (Å²) in [5.41, 5.74) is 0. The molecule has 0 heterocycles. The highest BCUT2D eigenvalue weighted by Crippen LogP contribution is 2.25. The van der Waals surface area contributed by atoms with E-state index in [1.807, 2.05) is 13.8 Å². The topological polar surface area (TPSA) is 9.23 Å². The number of ether oxygens (including phenoxy) is 1. The van der Waals surface area contributed by atoms with Crippen molar-refractivity contribution in [2.45, 2.75) is 66.4 Å². The second-order valence-corrected chi connectivity index (χ2v) is 4.67. The Morgan fingerprint density at radius 1 is 1.12 bits per heavy atom. The van der Waals surface area contributed by atoms with Gasteiger partial charge in [-0.1, -0.05) is 46.5 Å². The van der Waals surface area contributed by atoms with E-state index in [-0.39, 0.29) is 0 Å². The van der Waals surface area contributed by atoms with Crippen LogP contribution in [0.3, 0.4) is 0 Å². The minimum Gasteiger partial charge on any atom is -0.366 e. The largest absolute Gasteiger partial charge is 0.366 e. The van der Waals surface area contributed by atoms with Crippen molar-refractivity contribution in [2.24, 2.45) is 11.8 Å². The Morgan fingerprint density at radius 3 is 2.19 bits per heavy atom. The number of hydrogen-bond donors (Lipinski definition) is 0. The van der Waals surface area contributed by atoms with Crippen LogP contribution < -0.4 is 0 Å². The summed E-state index contributed by atoms with van der Waals surface area (Å²) in [7, 11) is 0. The molecule has 16 heavy (non-hydrogen) atoms. The summed E-state index contributed by atoms with van der Waals surface area (Å²) in [5.74, 6) is 7.55. The van der Waals surface area contributed by atoms with Gasteiger partial charge in [0.15, 0.2) is 0 Å². The Balaban J connectivity index is 0.00000106. The molecular weight excluding hydrogens is 196 g/mol. The third-order valence-electron chi connectivity index (χ3n) is 2.74. The first-order valence-corrected chi connectivity index (χ1v) is 6.78. The predicted molar refractivity (Wildman–Crippen MR) is 71.3 cm³/mol. The van der Waals surface area contributed by atoms with E-state index < -0.39 is 0 Å². The summed E-state index contributed by atoms with van der Waals surface area (Å²) in [6.07, 6.45) is 5.58. The summed E-state index contributed by atoms with van der Waals surface area (Å²) in [5, 5.41) is 0. The van der Waals surface area contributed by atoms with Gasteiger partial charge in [-0.15, -0.1) is 0 Å². The maximum absolute atomic E-state index is 5.71. The van der Waals surface area contributed by atoms with E-state index in [4.69, 9.17) is 4.74 Å². The highest BCUT2D eigenvalue weighted by Gasteiger charge is 2.17. The van der Waals surface area contributed by atoms with Crippen molar-refractivity contribution < 1.29 is 4.74 Å². The van der Waals surface area contributed by atoms with Gasteiger partial charge < -0.3 is 4.74 Å². The zero-order valence-electron chi connectivity index (χ0n) is 11.7. The molecule has 0 aromatic rings. The van der Waals surface area contributed by atoms with Crippen LogP contribution in [0.25, 0.3) is 0 Å². The quantitative estimate of drug-likeness (QED) is 0.637. The molecule has 0 aliphatic heterocycles. The van der Waals surface area contributed by atoms with Gasteiger partial charge >= 0.3 is 0 Å². The summed E-state index contributed by atoms with van der Waals surface area (Å²) in [4.78, 5) is 0. The smallest absolute Gasteiger partial charge is 0.108 e. The van der Waals surface area contributed by atoms with Gasteiger partial charge in [-0.2, -0.15) is 0 Å². The molecule has 0 aromatic heterocycles. The Kier molecular flexibility index (Phi) is 9.43. The van der Waals surface area contributed by atoms with Crippen LogP contribution in [-0.4, -0.2) is 12.7 Å². The van der Waals surface area contributed by atoms with E-state index in [0.29, 0.717) is 18.6 Å². The second kappa shape index (κ2) is 9.73. The van der Waals surface area contributed by atoms with Gasteiger partial charge in [0.25, 0.3) is 0 Å². The van der Waals surface area contributed by atoms with Crippen molar-refractivity contribution in [2.75, 3.05) is 6.61 Å². The van der Waals surface area contributed by atoms with Crippen molar-refractivity contribution in [1.82, 2.24) is 0 Å². The van der Waals surface area contributed by atoms with Gasteiger partial charge in [-0.25, -0.2) is 0 Å². The van der Waals surface area contributed by atoms with E-state index in [9.17, 15) is 0 Å². The fourth-order valence-electron chi connectivity index (χ4n) is 1.80. The first kappa shape index (κ1) is 15.5. The average Bonchev–Trinajstić information content (AvgIpc) is 2.29. The Morgan fingerprint density at radius 2 is 1.69 bits per heavy atom. The van der Waals surface area contributed by atoms with Crippen molar-refractivity contribution in [3.05, 3.63) is 0 Å². The van der Waals surface area contributed by atoms with Gasteiger partial charge in [-0.05, 0) is 31.6 Å². The lowest BCUT2D eigenvalue weighted by Gasteiger charge is -2.25. The van der Waals surface area contributed by atoms with Crippen molar-refractivity contribution in [3.8, 4) is 11.8 Å². The summed E-state index contributed by atoms with van der Waals surface area (Å²) >= 11 is 0. The summed E-state index contributed by atoms with van der Waals surface area (Å²) in [6.45, 7) is 11.2. The van der Waals surface area contributed by atoms with Crippen LogP contribution in [0.2, 0.25) is 0 Å². The van der Waals surface area contributed by atoms with E-state index in [0.717, 1.165) is 5.92 Å². The van der Waals surface area contributed by atoms with E-state index in [2.05, 4.69) is 32.6 Å². The Hall–Kier alpha value is -0.480. The molecule has 0 radical (unpaired) electrons. The normalized spacial score (nSPS) is 24.1. The highest BCUT2D eigenvalue weighted by atomic mass is 16.5. The zero-order valence-corrected chi connectivity index (χ0v) is 11.7. The standard InChI is InChI=1S/C13H22O.C2H6/c1-11(2)5-4-10-14-13-8-6-12(3)7-9-13;1-2/h11-13H,6-10H2,1-3H3;1-2H3. The van der Waals surface area contributed by atoms with Crippen LogP contribution in [0.15, 0.2) is 0 Å². The van der Waals surface area contributed by atoms with E-state index >= 15 is 0 Å². The molecule has 0 bridgehead atoms. The first-order chi connectivity index (χ1) is 7.68. The maximum atomic E-state index is 5.71. The van der Waals surface area contributed by atoms with Crippen molar-refractivity contribution >= 4 is 0 Å². The van der Waals surface area contributed by atoms with Crippen LogP contribution in [0.4, 0.5) is 0 Å². The molecule has 1 heteroatoms.